The molecule has 2 N–H and O–H groups in total. The summed E-state index contributed by atoms with van der Waals surface area (Å²) in [5.74, 6) is 0.495. The van der Waals surface area contributed by atoms with Crippen LogP contribution in [0, 0.1) is 0 Å². The Bertz CT molecular complexity index is 647. The molecule has 4 nitrogen and oxygen atoms in total. The maximum Gasteiger partial charge on any atom is 0.319 e. The first kappa shape index (κ1) is 19.7. The number of amides is 2. The Morgan fingerprint density at radius 1 is 1.24 bits per heavy atom. The first-order valence-electron chi connectivity index (χ1n) is 9.05. The SMILES string of the molecule is CC(C)(C)S(=O)Cc1cccc(NC(=O)NCCC2=CCCCC2)c1. The Kier molecular flexibility index (Phi) is 7.24. The molecular weight excluding hydrogens is 332 g/mol. The first-order valence-corrected chi connectivity index (χ1v) is 10.4. The fraction of sp³-hybridized carbons (Fsp3) is 0.550. The van der Waals surface area contributed by atoms with Gasteiger partial charge in [-0.05, 0) is 70.6 Å². The minimum atomic E-state index is -0.952. The smallest absolute Gasteiger partial charge is 0.319 e. The summed E-state index contributed by atoms with van der Waals surface area (Å²) in [5.41, 5.74) is 3.16. The molecule has 1 aliphatic rings. The summed E-state index contributed by atoms with van der Waals surface area (Å²) in [5, 5.41) is 5.78. The topological polar surface area (TPSA) is 58.2 Å². The van der Waals surface area contributed by atoms with Gasteiger partial charge in [0.05, 0.1) is 0 Å². The summed E-state index contributed by atoms with van der Waals surface area (Å²) >= 11 is 0. The molecule has 0 bridgehead atoms. The molecule has 0 aromatic heterocycles. The molecule has 1 aromatic rings. The van der Waals surface area contributed by atoms with E-state index in [1.165, 1.54) is 24.8 Å². The van der Waals surface area contributed by atoms with Gasteiger partial charge >= 0.3 is 6.03 Å². The maximum absolute atomic E-state index is 12.3. The highest BCUT2D eigenvalue weighted by molar-refractivity contribution is 7.85. The van der Waals surface area contributed by atoms with E-state index >= 15 is 0 Å². The standard InChI is InChI=1S/C20H30N2O2S/c1-20(2,3)25(24)15-17-10-7-11-18(14-17)22-19(23)21-13-12-16-8-5-4-6-9-16/h7-8,10-11,14H,4-6,9,12-13,15H2,1-3H3,(H2,21,22,23). The molecule has 0 spiro atoms. The number of allylic oxidation sites excluding steroid dienone is 1. The molecule has 5 heteroatoms. The number of benzene rings is 1. The molecular formula is C20H30N2O2S. The summed E-state index contributed by atoms with van der Waals surface area (Å²) in [6, 6.07) is 7.39. The molecule has 1 aromatic carbocycles. The molecule has 0 aliphatic heterocycles. The van der Waals surface area contributed by atoms with E-state index in [0.29, 0.717) is 12.3 Å². The van der Waals surface area contributed by atoms with Crippen molar-refractivity contribution in [1.29, 1.82) is 0 Å². The van der Waals surface area contributed by atoms with Crippen LogP contribution in [0.25, 0.3) is 0 Å². The number of hydrogen-bond donors (Lipinski definition) is 2. The number of carbonyl (C=O) groups excluding carboxylic acids is 1. The van der Waals surface area contributed by atoms with E-state index in [-0.39, 0.29) is 10.8 Å². The summed E-state index contributed by atoms with van der Waals surface area (Å²) in [6.07, 6.45) is 8.12. The van der Waals surface area contributed by atoms with Crippen LogP contribution >= 0.6 is 0 Å². The van der Waals surface area contributed by atoms with Gasteiger partial charge in [0, 0.05) is 33.5 Å². The molecule has 0 saturated carbocycles. The van der Waals surface area contributed by atoms with Crippen molar-refractivity contribution >= 4 is 22.5 Å². The molecule has 0 heterocycles. The molecule has 1 aliphatic carbocycles. The lowest BCUT2D eigenvalue weighted by molar-refractivity contribution is 0.252. The predicted octanol–water partition coefficient (Wildman–Crippen LogP) is 4.75. The van der Waals surface area contributed by atoms with Crippen LogP contribution in [0.3, 0.4) is 0 Å². The molecule has 0 radical (unpaired) electrons. The van der Waals surface area contributed by atoms with E-state index in [9.17, 15) is 9.00 Å². The van der Waals surface area contributed by atoms with Gasteiger partial charge in [-0.15, -0.1) is 0 Å². The lowest BCUT2D eigenvalue weighted by Crippen LogP contribution is -2.29. The van der Waals surface area contributed by atoms with Gasteiger partial charge in [0.15, 0.2) is 0 Å². The number of hydrogen-bond acceptors (Lipinski definition) is 2. The van der Waals surface area contributed by atoms with Gasteiger partial charge in [-0.1, -0.05) is 23.8 Å². The van der Waals surface area contributed by atoms with Crippen molar-refractivity contribution < 1.29 is 9.00 Å². The second-order valence-electron chi connectivity index (χ2n) is 7.54. The lowest BCUT2D eigenvalue weighted by Gasteiger charge is -2.18. The minimum Gasteiger partial charge on any atom is -0.338 e. The molecule has 0 saturated heterocycles. The van der Waals surface area contributed by atoms with Gasteiger partial charge in [-0.3, -0.25) is 4.21 Å². The molecule has 1 atom stereocenters. The van der Waals surface area contributed by atoms with E-state index in [1.807, 2.05) is 45.0 Å². The Balaban J connectivity index is 1.81. The third-order valence-corrected chi connectivity index (χ3v) is 6.24. The number of anilines is 1. The normalized spacial score (nSPS) is 16.0. The van der Waals surface area contributed by atoms with Crippen LogP contribution < -0.4 is 10.6 Å². The fourth-order valence-electron chi connectivity index (χ4n) is 2.75. The van der Waals surface area contributed by atoms with Crippen LogP contribution in [0.15, 0.2) is 35.9 Å². The minimum absolute atomic E-state index is 0.189. The molecule has 0 fully saturated rings. The first-order chi connectivity index (χ1) is 11.8. The van der Waals surface area contributed by atoms with Crippen LogP contribution in [-0.4, -0.2) is 21.5 Å². The van der Waals surface area contributed by atoms with Gasteiger partial charge < -0.3 is 10.6 Å². The number of carbonyl (C=O) groups is 1. The van der Waals surface area contributed by atoms with Crippen LogP contribution in [0.2, 0.25) is 0 Å². The highest BCUT2D eigenvalue weighted by Gasteiger charge is 2.19. The molecule has 2 rings (SSSR count). The van der Waals surface area contributed by atoms with Crippen molar-refractivity contribution in [3.8, 4) is 0 Å². The zero-order valence-electron chi connectivity index (χ0n) is 15.6. The molecule has 2 amide bonds. The van der Waals surface area contributed by atoms with Crippen molar-refractivity contribution in [2.75, 3.05) is 11.9 Å². The van der Waals surface area contributed by atoms with Crippen LogP contribution in [-0.2, 0) is 16.6 Å². The molecule has 1 unspecified atom stereocenters. The second kappa shape index (κ2) is 9.18. The number of urea groups is 1. The lowest BCUT2D eigenvalue weighted by atomic mass is 9.97. The monoisotopic (exact) mass is 362 g/mol. The van der Waals surface area contributed by atoms with E-state index in [1.54, 1.807) is 0 Å². The molecule has 138 valence electrons. The van der Waals surface area contributed by atoms with Gasteiger partial charge in [0.2, 0.25) is 0 Å². The van der Waals surface area contributed by atoms with E-state index < -0.39 is 10.8 Å². The highest BCUT2D eigenvalue weighted by atomic mass is 32.2. The van der Waals surface area contributed by atoms with Gasteiger partial charge in [0.25, 0.3) is 0 Å². The van der Waals surface area contributed by atoms with Crippen molar-refractivity contribution in [2.24, 2.45) is 0 Å². The zero-order chi connectivity index (χ0) is 18.3. The third kappa shape index (κ3) is 7.02. The average Bonchev–Trinajstić information content (AvgIpc) is 2.55. The molecule has 25 heavy (non-hydrogen) atoms. The largest absolute Gasteiger partial charge is 0.338 e. The summed E-state index contributed by atoms with van der Waals surface area (Å²) in [7, 11) is -0.952. The summed E-state index contributed by atoms with van der Waals surface area (Å²) in [4.78, 5) is 12.0. The fourth-order valence-corrected chi connectivity index (χ4v) is 3.67. The van der Waals surface area contributed by atoms with Crippen LogP contribution in [0.4, 0.5) is 10.5 Å². The Morgan fingerprint density at radius 3 is 2.72 bits per heavy atom. The summed E-state index contributed by atoms with van der Waals surface area (Å²) in [6.45, 7) is 6.58. The number of rotatable bonds is 6. The third-order valence-electron chi connectivity index (χ3n) is 4.28. The van der Waals surface area contributed by atoms with Crippen LogP contribution in [0.5, 0.6) is 0 Å². The zero-order valence-corrected chi connectivity index (χ0v) is 16.4. The van der Waals surface area contributed by atoms with E-state index in [2.05, 4.69) is 16.7 Å². The van der Waals surface area contributed by atoms with E-state index in [0.717, 1.165) is 24.1 Å². The van der Waals surface area contributed by atoms with Crippen molar-refractivity contribution in [2.45, 2.75) is 63.4 Å². The number of nitrogens with one attached hydrogen (secondary N) is 2. The maximum atomic E-state index is 12.3. The van der Waals surface area contributed by atoms with Gasteiger partial charge in [0.1, 0.15) is 0 Å². The quantitative estimate of drug-likeness (QED) is 0.718. The predicted molar refractivity (Wildman–Crippen MR) is 106 cm³/mol. The van der Waals surface area contributed by atoms with Crippen LogP contribution in [0.1, 0.15) is 58.4 Å². The van der Waals surface area contributed by atoms with Crippen molar-refractivity contribution in [1.82, 2.24) is 5.32 Å². The van der Waals surface area contributed by atoms with Gasteiger partial charge in [-0.2, -0.15) is 0 Å². The Labute approximate surface area is 153 Å². The van der Waals surface area contributed by atoms with E-state index in [4.69, 9.17) is 0 Å². The average molecular weight is 363 g/mol. The van der Waals surface area contributed by atoms with Crippen molar-refractivity contribution in [3.05, 3.63) is 41.5 Å². The Hall–Kier alpha value is -1.62. The Morgan fingerprint density at radius 2 is 2.04 bits per heavy atom. The summed E-state index contributed by atoms with van der Waals surface area (Å²) < 4.78 is 12.0. The second-order valence-corrected chi connectivity index (χ2v) is 9.75. The highest BCUT2D eigenvalue weighted by Crippen LogP contribution is 2.20. The van der Waals surface area contributed by atoms with Gasteiger partial charge in [-0.25, -0.2) is 4.79 Å². The van der Waals surface area contributed by atoms with Crippen molar-refractivity contribution in [3.63, 3.8) is 0 Å².